The maximum absolute atomic E-state index is 2.61. The van der Waals surface area contributed by atoms with Crippen LogP contribution in [0.15, 0.2) is 18.2 Å². The maximum Gasteiger partial charge on any atom is 0.0101 e. The zero-order chi connectivity index (χ0) is 17.7. The van der Waals surface area contributed by atoms with Gasteiger partial charge in [-0.3, -0.25) is 0 Å². The predicted octanol–water partition coefficient (Wildman–Crippen LogP) is 5.73. The van der Waals surface area contributed by atoms with Gasteiger partial charge in [0.05, 0.1) is 0 Å². The maximum atomic E-state index is 2.61. The molecule has 0 N–H and O–H groups in total. The standard InChI is InChI=1S/C23H37N/c1-8-22(6)12-11-20-18(4)24(7)14-13-23(20,19(22)5)21-15-16(2)9-10-17(21)3/h9-10,15,18-20H,8,11-14H2,1-7H3. The number of likely N-dealkylation sites (tertiary alicyclic amines) is 1. The third-order valence-electron chi connectivity index (χ3n) is 8.36. The van der Waals surface area contributed by atoms with Gasteiger partial charge in [-0.1, -0.05) is 51.0 Å². The van der Waals surface area contributed by atoms with Gasteiger partial charge in [-0.15, -0.1) is 0 Å². The summed E-state index contributed by atoms with van der Waals surface area (Å²) in [6.45, 7) is 15.9. The molecule has 134 valence electrons. The Morgan fingerprint density at radius 3 is 2.54 bits per heavy atom. The van der Waals surface area contributed by atoms with E-state index in [-0.39, 0.29) is 0 Å². The van der Waals surface area contributed by atoms with E-state index in [0.29, 0.717) is 16.9 Å². The van der Waals surface area contributed by atoms with E-state index in [2.05, 4.69) is 71.7 Å². The van der Waals surface area contributed by atoms with Gasteiger partial charge in [0.25, 0.3) is 0 Å². The molecule has 1 aromatic rings. The van der Waals surface area contributed by atoms with Crippen molar-refractivity contribution in [1.29, 1.82) is 0 Å². The SMILES string of the molecule is CCC1(C)CCC2C(C)N(C)CCC2(c2cc(C)ccc2C)C1C. The quantitative estimate of drug-likeness (QED) is 0.670. The van der Waals surface area contributed by atoms with Crippen LogP contribution in [-0.2, 0) is 5.41 Å². The van der Waals surface area contributed by atoms with Crippen LogP contribution in [0.4, 0.5) is 0 Å². The number of piperidine rings is 1. The Kier molecular flexibility index (Phi) is 4.62. The average Bonchev–Trinajstić information content (AvgIpc) is 2.57. The molecule has 0 amide bonds. The molecule has 1 heterocycles. The molecule has 5 unspecified atom stereocenters. The van der Waals surface area contributed by atoms with Gasteiger partial charge in [0, 0.05) is 11.5 Å². The first-order valence-corrected chi connectivity index (χ1v) is 10.0. The van der Waals surface area contributed by atoms with Crippen LogP contribution in [0.1, 0.15) is 70.1 Å². The Morgan fingerprint density at radius 1 is 1.17 bits per heavy atom. The first-order valence-electron chi connectivity index (χ1n) is 10.0. The Morgan fingerprint density at radius 2 is 1.88 bits per heavy atom. The molecular formula is C23H37N. The number of aryl methyl sites for hydroxylation is 2. The Labute approximate surface area is 149 Å². The Balaban J connectivity index is 2.20. The van der Waals surface area contributed by atoms with Gasteiger partial charge in [0.15, 0.2) is 0 Å². The molecule has 3 rings (SSSR count). The Bertz CT molecular complexity index is 602. The first kappa shape index (κ1) is 18.0. The lowest BCUT2D eigenvalue weighted by Crippen LogP contribution is -2.61. The number of hydrogen-bond donors (Lipinski definition) is 0. The summed E-state index contributed by atoms with van der Waals surface area (Å²) < 4.78 is 0. The van der Waals surface area contributed by atoms with Crippen molar-refractivity contribution >= 4 is 0 Å². The van der Waals surface area contributed by atoms with Crippen LogP contribution in [0.25, 0.3) is 0 Å². The van der Waals surface area contributed by atoms with Gasteiger partial charge in [-0.25, -0.2) is 0 Å². The van der Waals surface area contributed by atoms with Crippen molar-refractivity contribution in [3.05, 3.63) is 34.9 Å². The van der Waals surface area contributed by atoms with E-state index in [9.17, 15) is 0 Å². The van der Waals surface area contributed by atoms with Crippen LogP contribution < -0.4 is 0 Å². The van der Waals surface area contributed by atoms with Crippen molar-refractivity contribution in [2.75, 3.05) is 13.6 Å². The monoisotopic (exact) mass is 327 g/mol. The summed E-state index contributed by atoms with van der Waals surface area (Å²) in [5, 5.41) is 0. The third-order valence-corrected chi connectivity index (χ3v) is 8.36. The minimum atomic E-state index is 0.352. The van der Waals surface area contributed by atoms with Crippen LogP contribution in [0.2, 0.25) is 0 Å². The highest BCUT2D eigenvalue weighted by atomic mass is 15.1. The van der Waals surface area contributed by atoms with Crippen LogP contribution in [0.5, 0.6) is 0 Å². The molecule has 0 bridgehead atoms. The van der Waals surface area contributed by atoms with Crippen molar-refractivity contribution in [2.45, 2.75) is 78.7 Å². The lowest BCUT2D eigenvalue weighted by atomic mass is 9.45. The molecular weight excluding hydrogens is 290 g/mol. The highest BCUT2D eigenvalue weighted by Crippen LogP contribution is 2.61. The summed E-state index contributed by atoms with van der Waals surface area (Å²) in [4.78, 5) is 2.61. The normalized spacial score (nSPS) is 40.4. The van der Waals surface area contributed by atoms with Crippen molar-refractivity contribution in [1.82, 2.24) is 4.90 Å². The van der Waals surface area contributed by atoms with E-state index >= 15 is 0 Å². The first-order chi connectivity index (χ1) is 11.3. The van der Waals surface area contributed by atoms with E-state index in [1.807, 2.05) is 0 Å². The molecule has 1 aliphatic carbocycles. The summed E-state index contributed by atoms with van der Waals surface area (Å²) in [5.41, 5.74) is 5.42. The molecule has 2 fully saturated rings. The molecule has 0 radical (unpaired) electrons. The van der Waals surface area contributed by atoms with Crippen LogP contribution in [0.3, 0.4) is 0 Å². The summed E-state index contributed by atoms with van der Waals surface area (Å²) in [6.07, 6.45) is 5.39. The van der Waals surface area contributed by atoms with Crippen LogP contribution in [0, 0.1) is 31.1 Å². The number of rotatable bonds is 2. The van der Waals surface area contributed by atoms with Gasteiger partial charge in [-0.05, 0) is 82.0 Å². The van der Waals surface area contributed by atoms with Gasteiger partial charge in [0.1, 0.15) is 0 Å². The fourth-order valence-corrected chi connectivity index (χ4v) is 6.14. The number of nitrogens with zero attached hydrogens (tertiary/aromatic N) is 1. The fraction of sp³-hybridized carbons (Fsp3) is 0.739. The van der Waals surface area contributed by atoms with E-state index in [1.165, 1.54) is 43.4 Å². The second kappa shape index (κ2) is 6.16. The molecule has 1 saturated heterocycles. The molecule has 0 spiro atoms. The minimum absolute atomic E-state index is 0.352. The minimum Gasteiger partial charge on any atom is -0.303 e. The molecule has 5 atom stereocenters. The highest BCUT2D eigenvalue weighted by Gasteiger charge is 2.57. The van der Waals surface area contributed by atoms with E-state index in [0.717, 1.165) is 11.8 Å². The van der Waals surface area contributed by atoms with E-state index in [4.69, 9.17) is 0 Å². The summed E-state index contributed by atoms with van der Waals surface area (Å²) in [7, 11) is 2.33. The molecule has 24 heavy (non-hydrogen) atoms. The second-order valence-corrected chi connectivity index (χ2v) is 9.20. The van der Waals surface area contributed by atoms with E-state index in [1.54, 1.807) is 5.56 Å². The van der Waals surface area contributed by atoms with Gasteiger partial charge >= 0.3 is 0 Å². The summed E-state index contributed by atoms with van der Waals surface area (Å²) >= 11 is 0. The molecule has 2 aliphatic rings. The third kappa shape index (κ3) is 2.46. The molecule has 1 saturated carbocycles. The number of benzene rings is 1. The topological polar surface area (TPSA) is 3.24 Å². The summed E-state index contributed by atoms with van der Waals surface area (Å²) in [6, 6.07) is 7.86. The average molecular weight is 328 g/mol. The highest BCUT2D eigenvalue weighted by molar-refractivity contribution is 5.40. The van der Waals surface area contributed by atoms with Crippen LogP contribution in [-0.4, -0.2) is 24.5 Å². The lowest BCUT2D eigenvalue weighted by Gasteiger charge is -2.62. The summed E-state index contributed by atoms with van der Waals surface area (Å²) in [5.74, 6) is 1.52. The van der Waals surface area contributed by atoms with Crippen molar-refractivity contribution in [3.63, 3.8) is 0 Å². The molecule has 0 aromatic heterocycles. The van der Waals surface area contributed by atoms with Crippen molar-refractivity contribution in [2.24, 2.45) is 17.3 Å². The van der Waals surface area contributed by atoms with Crippen LogP contribution >= 0.6 is 0 Å². The molecule has 1 heteroatoms. The number of hydrogen-bond acceptors (Lipinski definition) is 1. The van der Waals surface area contributed by atoms with Gasteiger partial charge in [0.2, 0.25) is 0 Å². The predicted molar refractivity (Wildman–Crippen MR) is 105 cm³/mol. The zero-order valence-electron chi connectivity index (χ0n) is 16.9. The number of fused-ring (bicyclic) bond motifs is 1. The molecule has 1 nitrogen and oxygen atoms in total. The lowest BCUT2D eigenvalue weighted by molar-refractivity contribution is -0.0711. The fourth-order valence-electron chi connectivity index (χ4n) is 6.14. The smallest absolute Gasteiger partial charge is 0.0101 e. The zero-order valence-corrected chi connectivity index (χ0v) is 16.9. The molecule has 1 aromatic carbocycles. The van der Waals surface area contributed by atoms with Crippen molar-refractivity contribution in [3.8, 4) is 0 Å². The Hall–Kier alpha value is -0.820. The largest absolute Gasteiger partial charge is 0.303 e. The van der Waals surface area contributed by atoms with Crippen molar-refractivity contribution < 1.29 is 0 Å². The van der Waals surface area contributed by atoms with Gasteiger partial charge in [-0.2, -0.15) is 0 Å². The second-order valence-electron chi connectivity index (χ2n) is 9.20. The van der Waals surface area contributed by atoms with Gasteiger partial charge < -0.3 is 4.90 Å². The molecule has 1 aliphatic heterocycles. The van der Waals surface area contributed by atoms with E-state index < -0.39 is 0 Å².